The van der Waals surface area contributed by atoms with E-state index >= 15 is 0 Å². The van der Waals surface area contributed by atoms with Gasteiger partial charge in [0.1, 0.15) is 0 Å². The molecular formula is C18H17IO3Se. The van der Waals surface area contributed by atoms with E-state index in [1.54, 1.807) is 13.0 Å². The van der Waals surface area contributed by atoms with Gasteiger partial charge in [0.05, 0.1) is 0 Å². The maximum atomic E-state index is 12.5. The number of Topliss-reactive ketones (excluding diaryl/α,β-unsaturated/α-hetero) is 1. The Bertz CT molecular complexity index is 714. The molecule has 0 unspecified atom stereocenters. The van der Waals surface area contributed by atoms with E-state index in [1.165, 1.54) is 4.46 Å². The summed E-state index contributed by atoms with van der Waals surface area (Å²) in [6, 6.07) is 13.8. The van der Waals surface area contributed by atoms with Crippen molar-refractivity contribution in [2.24, 2.45) is 0 Å². The van der Waals surface area contributed by atoms with Crippen LogP contribution in [0.3, 0.4) is 0 Å². The molecule has 0 saturated heterocycles. The third-order valence-corrected chi connectivity index (χ3v) is 5.96. The molecule has 0 N–H and O–H groups in total. The van der Waals surface area contributed by atoms with E-state index in [-0.39, 0.29) is 20.7 Å². The van der Waals surface area contributed by atoms with Crippen LogP contribution in [0.4, 0.5) is 0 Å². The van der Waals surface area contributed by atoms with Gasteiger partial charge in [-0.15, -0.1) is 0 Å². The first-order valence-electron chi connectivity index (χ1n) is 7.33. The van der Waals surface area contributed by atoms with Gasteiger partial charge in [-0.25, -0.2) is 0 Å². The normalized spacial score (nSPS) is 10.4. The molecule has 0 aliphatic carbocycles. The van der Waals surface area contributed by atoms with Crippen LogP contribution in [0.15, 0.2) is 42.5 Å². The number of hydrogen-bond acceptors (Lipinski definition) is 3. The van der Waals surface area contributed by atoms with Gasteiger partial charge in [-0.3, -0.25) is 0 Å². The summed E-state index contributed by atoms with van der Waals surface area (Å²) < 4.78 is 8.18. The zero-order valence-electron chi connectivity index (χ0n) is 13.0. The Morgan fingerprint density at radius 1 is 1.13 bits per heavy atom. The monoisotopic (exact) mass is 488 g/mol. The molecule has 0 spiro atoms. The minimum atomic E-state index is -0.423. The molecule has 0 aliphatic rings. The topological polar surface area (TPSA) is 43.4 Å². The molecular weight excluding hydrogens is 470 g/mol. The van der Waals surface area contributed by atoms with Gasteiger partial charge in [0.2, 0.25) is 0 Å². The average molecular weight is 487 g/mol. The molecule has 2 aromatic carbocycles. The van der Waals surface area contributed by atoms with E-state index in [1.807, 2.05) is 43.3 Å². The molecule has 0 heterocycles. The quantitative estimate of drug-likeness (QED) is 0.273. The van der Waals surface area contributed by atoms with E-state index in [4.69, 9.17) is 4.74 Å². The standard InChI is InChI=1S/C18H17IO3Se/c1-3-15(20)17-14(18(21)22-4-2)10-12(19)11-16(17)23-13-8-6-5-7-9-13/h5-11H,3-4H2,1-2H3. The third kappa shape index (κ3) is 4.66. The van der Waals surface area contributed by atoms with Gasteiger partial charge in [0.25, 0.3) is 0 Å². The predicted octanol–water partition coefficient (Wildman–Crippen LogP) is 2.72. The van der Waals surface area contributed by atoms with Crippen molar-refractivity contribution in [1.29, 1.82) is 0 Å². The number of benzene rings is 2. The van der Waals surface area contributed by atoms with Crippen molar-refractivity contribution < 1.29 is 14.3 Å². The molecule has 0 saturated carbocycles. The van der Waals surface area contributed by atoms with E-state index in [0.717, 1.165) is 8.03 Å². The predicted molar refractivity (Wildman–Crippen MR) is 101 cm³/mol. The number of ether oxygens (including phenoxy) is 1. The van der Waals surface area contributed by atoms with Gasteiger partial charge in [-0.05, 0) is 0 Å². The fraction of sp³-hybridized carbons (Fsp3) is 0.222. The average Bonchev–Trinajstić information content (AvgIpc) is 2.55. The molecule has 0 aromatic heterocycles. The number of ketones is 1. The van der Waals surface area contributed by atoms with Gasteiger partial charge in [-0.1, -0.05) is 0 Å². The summed E-state index contributed by atoms with van der Waals surface area (Å²) >= 11 is 2.14. The molecule has 0 radical (unpaired) electrons. The number of carbonyl (C=O) groups is 2. The van der Waals surface area contributed by atoms with Crippen LogP contribution in [0.25, 0.3) is 0 Å². The number of esters is 1. The first kappa shape index (κ1) is 18.2. The van der Waals surface area contributed by atoms with Crippen molar-refractivity contribution >= 4 is 58.2 Å². The van der Waals surface area contributed by atoms with E-state index in [0.29, 0.717) is 24.2 Å². The molecule has 0 amide bonds. The van der Waals surface area contributed by atoms with Crippen molar-refractivity contribution in [3.05, 3.63) is 57.2 Å². The molecule has 23 heavy (non-hydrogen) atoms. The van der Waals surface area contributed by atoms with E-state index in [9.17, 15) is 9.59 Å². The molecule has 2 aromatic rings. The molecule has 0 atom stereocenters. The molecule has 2 rings (SSSR count). The molecule has 3 nitrogen and oxygen atoms in total. The fourth-order valence-corrected chi connectivity index (χ4v) is 5.43. The second kappa shape index (κ2) is 8.62. The van der Waals surface area contributed by atoms with Crippen LogP contribution in [0, 0.1) is 3.57 Å². The van der Waals surface area contributed by atoms with E-state index in [2.05, 4.69) is 22.6 Å². The Morgan fingerprint density at radius 3 is 2.43 bits per heavy atom. The second-order valence-electron chi connectivity index (χ2n) is 4.74. The molecule has 0 aliphatic heterocycles. The summed E-state index contributed by atoms with van der Waals surface area (Å²) in [5.74, 6) is -0.440. The SMILES string of the molecule is CCOC(=O)c1cc(I)cc([Se]c2ccccc2)c1C(=O)CC. The van der Waals surface area contributed by atoms with Crippen LogP contribution >= 0.6 is 22.6 Å². The fourth-order valence-electron chi connectivity index (χ4n) is 2.11. The first-order chi connectivity index (χ1) is 11.1. The van der Waals surface area contributed by atoms with Crippen LogP contribution < -0.4 is 8.92 Å². The summed E-state index contributed by atoms with van der Waals surface area (Å²) in [6.07, 6.45) is 0.366. The number of carbonyl (C=O) groups excluding carboxylic acids is 2. The van der Waals surface area contributed by atoms with Crippen molar-refractivity contribution in [2.75, 3.05) is 6.61 Å². The van der Waals surface area contributed by atoms with Gasteiger partial charge >= 0.3 is 157 Å². The van der Waals surface area contributed by atoms with Crippen molar-refractivity contribution in [3.63, 3.8) is 0 Å². The van der Waals surface area contributed by atoms with Gasteiger partial charge < -0.3 is 0 Å². The summed E-state index contributed by atoms with van der Waals surface area (Å²) in [7, 11) is 0. The van der Waals surface area contributed by atoms with Crippen LogP contribution in [0.5, 0.6) is 0 Å². The molecule has 0 fully saturated rings. The number of halogens is 1. The Labute approximate surface area is 156 Å². The zero-order chi connectivity index (χ0) is 16.8. The molecule has 0 bridgehead atoms. The van der Waals surface area contributed by atoms with Crippen LogP contribution in [0.2, 0.25) is 0 Å². The van der Waals surface area contributed by atoms with Crippen molar-refractivity contribution in [1.82, 2.24) is 0 Å². The third-order valence-electron chi connectivity index (χ3n) is 3.13. The summed E-state index contributed by atoms with van der Waals surface area (Å²) in [5.41, 5.74) is 0.911. The summed E-state index contributed by atoms with van der Waals surface area (Å²) in [6.45, 7) is 3.87. The van der Waals surface area contributed by atoms with Crippen molar-refractivity contribution in [3.8, 4) is 0 Å². The number of hydrogen-bond donors (Lipinski definition) is 0. The minimum absolute atomic E-state index is 0.0164. The number of rotatable bonds is 6. The van der Waals surface area contributed by atoms with Gasteiger partial charge in [0, 0.05) is 0 Å². The Kier molecular flexibility index (Phi) is 6.81. The van der Waals surface area contributed by atoms with Crippen LogP contribution in [0.1, 0.15) is 41.0 Å². The molecule has 5 heteroatoms. The van der Waals surface area contributed by atoms with Gasteiger partial charge in [-0.2, -0.15) is 0 Å². The molecule has 120 valence electrons. The summed E-state index contributed by atoms with van der Waals surface area (Å²) in [5, 5.41) is 0. The Balaban J connectivity index is 2.55. The maximum absolute atomic E-state index is 12.5. The Morgan fingerprint density at radius 2 is 1.83 bits per heavy atom. The van der Waals surface area contributed by atoms with Crippen LogP contribution in [-0.2, 0) is 4.74 Å². The van der Waals surface area contributed by atoms with Crippen molar-refractivity contribution in [2.45, 2.75) is 20.3 Å². The summed E-state index contributed by atoms with van der Waals surface area (Å²) in [4.78, 5) is 24.7. The second-order valence-corrected chi connectivity index (χ2v) is 8.32. The van der Waals surface area contributed by atoms with Gasteiger partial charge in [0.15, 0.2) is 0 Å². The van der Waals surface area contributed by atoms with E-state index < -0.39 is 5.97 Å². The van der Waals surface area contributed by atoms with Crippen LogP contribution in [-0.4, -0.2) is 33.3 Å². The first-order valence-corrected chi connectivity index (χ1v) is 10.1. The Hall–Kier alpha value is -1.17. The zero-order valence-corrected chi connectivity index (χ0v) is 16.8.